The van der Waals surface area contributed by atoms with Crippen molar-refractivity contribution < 1.29 is 4.74 Å². The molecule has 0 aromatic heterocycles. The Hall–Kier alpha value is -0.150. The maximum absolute atomic E-state index is 5.26. The number of thioether (sulfide) groups is 1. The molecule has 1 aromatic carbocycles. The molecular formula is C11H15BrOS. The van der Waals surface area contributed by atoms with E-state index in [-0.39, 0.29) is 0 Å². The van der Waals surface area contributed by atoms with Crippen LogP contribution in [0.15, 0.2) is 22.7 Å². The molecule has 0 aliphatic carbocycles. The number of benzene rings is 1. The molecular weight excluding hydrogens is 260 g/mol. The summed E-state index contributed by atoms with van der Waals surface area (Å²) in [7, 11) is 1.70. The molecule has 0 aliphatic heterocycles. The Bertz CT molecular complexity index is 301. The first-order valence-corrected chi connectivity index (χ1v) is 6.48. The molecule has 0 saturated carbocycles. The summed E-state index contributed by atoms with van der Waals surface area (Å²) in [5.41, 5.74) is 1.30. The SMILES string of the molecule is CCS[C@H](C)c1cccc(OC)c1Br. The molecule has 0 spiro atoms. The molecule has 0 radical (unpaired) electrons. The van der Waals surface area contributed by atoms with Gasteiger partial charge in [0.25, 0.3) is 0 Å². The summed E-state index contributed by atoms with van der Waals surface area (Å²) in [6.45, 7) is 4.39. The lowest BCUT2D eigenvalue weighted by atomic mass is 10.1. The number of halogens is 1. The fourth-order valence-corrected chi connectivity index (χ4v) is 3.14. The van der Waals surface area contributed by atoms with Crippen molar-refractivity contribution >= 4 is 27.7 Å². The van der Waals surface area contributed by atoms with Crippen molar-refractivity contribution in [1.29, 1.82) is 0 Å². The van der Waals surface area contributed by atoms with Crippen LogP contribution in [0.4, 0.5) is 0 Å². The Morgan fingerprint density at radius 3 is 2.79 bits per heavy atom. The molecule has 1 aromatic rings. The summed E-state index contributed by atoms with van der Waals surface area (Å²) >= 11 is 5.51. The Balaban J connectivity index is 2.96. The van der Waals surface area contributed by atoms with Crippen LogP contribution in [-0.4, -0.2) is 12.9 Å². The van der Waals surface area contributed by atoms with Gasteiger partial charge >= 0.3 is 0 Å². The first kappa shape index (κ1) is 11.9. The molecule has 14 heavy (non-hydrogen) atoms. The third-order valence-electron chi connectivity index (χ3n) is 2.07. The van der Waals surface area contributed by atoms with Gasteiger partial charge in [-0.15, -0.1) is 0 Å². The fourth-order valence-electron chi connectivity index (χ4n) is 1.34. The van der Waals surface area contributed by atoms with E-state index in [1.165, 1.54) is 5.56 Å². The van der Waals surface area contributed by atoms with Crippen molar-refractivity contribution in [3.63, 3.8) is 0 Å². The number of hydrogen-bond acceptors (Lipinski definition) is 2. The summed E-state index contributed by atoms with van der Waals surface area (Å²) < 4.78 is 6.34. The van der Waals surface area contributed by atoms with Gasteiger partial charge in [-0.25, -0.2) is 0 Å². The van der Waals surface area contributed by atoms with E-state index in [2.05, 4.69) is 35.8 Å². The van der Waals surface area contributed by atoms with Gasteiger partial charge in [0.1, 0.15) is 5.75 Å². The molecule has 1 atom stereocenters. The van der Waals surface area contributed by atoms with Crippen LogP contribution in [0.2, 0.25) is 0 Å². The third-order valence-corrected chi connectivity index (χ3v) is 4.00. The highest BCUT2D eigenvalue weighted by atomic mass is 79.9. The molecule has 0 N–H and O–H groups in total. The summed E-state index contributed by atoms with van der Waals surface area (Å²) in [4.78, 5) is 0. The second-order valence-corrected chi connectivity index (χ2v) is 5.37. The van der Waals surface area contributed by atoms with Crippen LogP contribution in [0.3, 0.4) is 0 Å². The van der Waals surface area contributed by atoms with Gasteiger partial charge in [-0.1, -0.05) is 19.1 Å². The minimum atomic E-state index is 0.504. The predicted octanol–water partition coefficient (Wildman–Crippen LogP) is 4.27. The zero-order valence-corrected chi connectivity index (χ0v) is 11.1. The zero-order valence-electron chi connectivity index (χ0n) is 8.71. The maximum atomic E-state index is 5.26. The number of hydrogen-bond donors (Lipinski definition) is 0. The second kappa shape index (κ2) is 5.66. The topological polar surface area (TPSA) is 9.23 Å². The van der Waals surface area contributed by atoms with Crippen molar-refractivity contribution in [2.45, 2.75) is 19.1 Å². The molecule has 0 aliphatic rings. The van der Waals surface area contributed by atoms with Crippen LogP contribution < -0.4 is 4.74 Å². The van der Waals surface area contributed by atoms with Gasteiger partial charge in [-0.05, 0) is 40.2 Å². The number of methoxy groups -OCH3 is 1. The van der Waals surface area contributed by atoms with Crippen molar-refractivity contribution in [1.82, 2.24) is 0 Å². The van der Waals surface area contributed by atoms with Gasteiger partial charge < -0.3 is 4.74 Å². The summed E-state index contributed by atoms with van der Waals surface area (Å²) in [6, 6.07) is 6.14. The van der Waals surface area contributed by atoms with Crippen molar-refractivity contribution in [3.05, 3.63) is 28.2 Å². The van der Waals surface area contributed by atoms with E-state index in [9.17, 15) is 0 Å². The maximum Gasteiger partial charge on any atom is 0.133 e. The van der Waals surface area contributed by atoms with Crippen molar-refractivity contribution in [3.8, 4) is 5.75 Å². The highest BCUT2D eigenvalue weighted by Gasteiger charge is 2.11. The number of ether oxygens (including phenoxy) is 1. The van der Waals surface area contributed by atoms with Gasteiger partial charge in [-0.3, -0.25) is 0 Å². The minimum absolute atomic E-state index is 0.504. The average molecular weight is 275 g/mol. The van der Waals surface area contributed by atoms with Crippen LogP contribution in [0.25, 0.3) is 0 Å². The Morgan fingerprint density at radius 2 is 2.21 bits per heavy atom. The summed E-state index contributed by atoms with van der Waals surface area (Å²) in [5, 5.41) is 0.504. The Labute approximate surface area is 98.4 Å². The van der Waals surface area contributed by atoms with Gasteiger partial charge in [0.15, 0.2) is 0 Å². The lowest BCUT2D eigenvalue weighted by Gasteiger charge is -2.14. The Kier molecular flexibility index (Phi) is 4.82. The number of rotatable bonds is 4. The zero-order chi connectivity index (χ0) is 10.6. The molecule has 0 saturated heterocycles. The van der Waals surface area contributed by atoms with E-state index in [0.717, 1.165) is 16.0 Å². The van der Waals surface area contributed by atoms with E-state index in [1.807, 2.05) is 23.9 Å². The van der Waals surface area contributed by atoms with Crippen LogP contribution in [0, 0.1) is 0 Å². The smallest absolute Gasteiger partial charge is 0.133 e. The molecule has 0 heterocycles. The first-order chi connectivity index (χ1) is 6.70. The van der Waals surface area contributed by atoms with E-state index in [1.54, 1.807) is 7.11 Å². The standard InChI is InChI=1S/C11H15BrOS/c1-4-14-8(2)9-6-5-7-10(13-3)11(9)12/h5-8H,4H2,1-3H3/t8-/m1/s1. The van der Waals surface area contributed by atoms with E-state index in [0.29, 0.717) is 5.25 Å². The van der Waals surface area contributed by atoms with Crippen LogP contribution >= 0.6 is 27.7 Å². The van der Waals surface area contributed by atoms with Crippen molar-refractivity contribution in [2.75, 3.05) is 12.9 Å². The molecule has 78 valence electrons. The second-order valence-electron chi connectivity index (χ2n) is 2.96. The largest absolute Gasteiger partial charge is 0.496 e. The molecule has 1 nitrogen and oxygen atoms in total. The van der Waals surface area contributed by atoms with Gasteiger partial charge in [0.2, 0.25) is 0 Å². The van der Waals surface area contributed by atoms with Crippen LogP contribution in [0.5, 0.6) is 5.75 Å². The van der Waals surface area contributed by atoms with E-state index in [4.69, 9.17) is 4.74 Å². The van der Waals surface area contributed by atoms with Gasteiger partial charge in [0.05, 0.1) is 11.6 Å². The normalized spacial score (nSPS) is 12.6. The quantitative estimate of drug-likeness (QED) is 0.811. The van der Waals surface area contributed by atoms with Crippen molar-refractivity contribution in [2.24, 2.45) is 0 Å². The minimum Gasteiger partial charge on any atom is -0.496 e. The first-order valence-electron chi connectivity index (χ1n) is 4.64. The summed E-state index contributed by atoms with van der Waals surface area (Å²) in [5.74, 6) is 2.04. The monoisotopic (exact) mass is 274 g/mol. The van der Waals surface area contributed by atoms with Gasteiger partial charge in [-0.2, -0.15) is 11.8 Å². The summed E-state index contributed by atoms with van der Waals surface area (Å²) in [6.07, 6.45) is 0. The molecule has 0 fully saturated rings. The third kappa shape index (κ3) is 2.67. The molecule has 0 amide bonds. The lowest BCUT2D eigenvalue weighted by Crippen LogP contribution is -1.93. The molecule has 0 unspecified atom stereocenters. The average Bonchev–Trinajstić information content (AvgIpc) is 2.18. The van der Waals surface area contributed by atoms with Crippen LogP contribution in [0.1, 0.15) is 24.7 Å². The van der Waals surface area contributed by atoms with Gasteiger partial charge in [0, 0.05) is 5.25 Å². The molecule has 1 rings (SSSR count). The predicted molar refractivity (Wildman–Crippen MR) is 67.2 cm³/mol. The van der Waals surface area contributed by atoms with E-state index >= 15 is 0 Å². The Morgan fingerprint density at radius 1 is 1.50 bits per heavy atom. The highest BCUT2D eigenvalue weighted by molar-refractivity contribution is 9.10. The molecule has 0 bridgehead atoms. The molecule has 3 heteroatoms. The lowest BCUT2D eigenvalue weighted by molar-refractivity contribution is 0.411. The van der Waals surface area contributed by atoms with Crippen LogP contribution in [-0.2, 0) is 0 Å². The van der Waals surface area contributed by atoms with E-state index < -0.39 is 0 Å². The highest BCUT2D eigenvalue weighted by Crippen LogP contribution is 2.37. The fraction of sp³-hybridized carbons (Fsp3) is 0.455.